The van der Waals surface area contributed by atoms with Gasteiger partial charge < -0.3 is 10.1 Å². The van der Waals surface area contributed by atoms with E-state index in [2.05, 4.69) is 19.2 Å². The average Bonchev–Trinajstić information content (AvgIpc) is 2.06. The smallest absolute Gasteiger partial charge is 0.407 e. The molecule has 1 N–H and O–H groups in total. The van der Waals surface area contributed by atoms with Crippen molar-refractivity contribution in [1.29, 1.82) is 0 Å². The van der Waals surface area contributed by atoms with E-state index in [0.29, 0.717) is 5.92 Å². The Bertz CT molecular complexity index is 245. The molecule has 3 unspecified atom stereocenters. The fourth-order valence-corrected chi connectivity index (χ4v) is 2.34. The lowest BCUT2D eigenvalue weighted by Gasteiger charge is -2.33. The SMILES string of the molecule is CC1CCC(NC(=O)OC(C)(C)C)C(C)C1. The zero-order valence-electron chi connectivity index (χ0n) is 11.2. The van der Waals surface area contributed by atoms with Crippen LogP contribution in [0, 0.1) is 11.8 Å². The summed E-state index contributed by atoms with van der Waals surface area (Å²) < 4.78 is 5.27. The Morgan fingerprint density at radius 1 is 1.25 bits per heavy atom. The number of amides is 1. The third-order valence-corrected chi connectivity index (χ3v) is 3.13. The number of ether oxygens (including phenoxy) is 1. The zero-order chi connectivity index (χ0) is 12.3. The third-order valence-electron chi connectivity index (χ3n) is 3.13. The molecule has 1 aliphatic rings. The van der Waals surface area contributed by atoms with Crippen molar-refractivity contribution in [3.8, 4) is 0 Å². The first-order valence-corrected chi connectivity index (χ1v) is 6.27. The largest absolute Gasteiger partial charge is 0.444 e. The summed E-state index contributed by atoms with van der Waals surface area (Å²) in [6, 6.07) is 0.283. The maximum Gasteiger partial charge on any atom is 0.407 e. The van der Waals surface area contributed by atoms with Crippen molar-refractivity contribution >= 4 is 6.09 Å². The van der Waals surface area contributed by atoms with E-state index in [9.17, 15) is 4.79 Å². The van der Waals surface area contributed by atoms with Gasteiger partial charge in [-0.3, -0.25) is 0 Å². The van der Waals surface area contributed by atoms with Gasteiger partial charge in [-0.1, -0.05) is 13.8 Å². The van der Waals surface area contributed by atoms with Crippen LogP contribution in [0.5, 0.6) is 0 Å². The van der Waals surface area contributed by atoms with E-state index in [0.717, 1.165) is 12.3 Å². The average molecular weight is 227 g/mol. The molecule has 1 saturated carbocycles. The monoisotopic (exact) mass is 227 g/mol. The van der Waals surface area contributed by atoms with Crippen molar-refractivity contribution < 1.29 is 9.53 Å². The van der Waals surface area contributed by atoms with Crippen molar-refractivity contribution in [2.75, 3.05) is 0 Å². The van der Waals surface area contributed by atoms with Gasteiger partial charge in [0.05, 0.1) is 0 Å². The highest BCUT2D eigenvalue weighted by molar-refractivity contribution is 5.68. The minimum absolute atomic E-state index is 0.279. The molecule has 0 bridgehead atoms. The Balaban J connectivity index is 2.39. The van der Waals surface area contributed by atoms with Gasteiger partial charge in [0.2, 0.25) is 0 Å². The van der Waals surface area contributed by atoms with Crippen LogP contribution in [-0.2, 0) is 4.74 Å². The fourth-order valence-electron chi connectivity index (χ4n) is 2.34. The first-order chi connectivity index (χ1) is 7.28. The zero-order valence-corrected chi connectivity index (χ0v) is 11.2. The molecule has 3 atom stereocenters. The number of hydrogen-bond acceptors (Lipinski definition) is 2. The molecule has 1 fully saturated rings. The van der Waals surface area contributed by atoms with E-state index in [1.54, 1.807) is 0 Å². The standard InChI is InChI=1S/C13H25NO2/c1-9-6-7-11(10(2)8-9)14-12(15)16-13(3,4)5/h9-11H,6-8H2,1-5H3,(H,14,15). The van der Waals surface area contributed by atoms with Crippen molar-refractivity contribution in [3.05, 3.63) is 0 Å². The first kappa shape index (κ1) is 13.3. The van der Waals surface area contributed by atoms with E-state index >= 15 is 0 Å². The number of nitrogens with one attached hydrogen (secondary N) is 1. The van der Waals surface area contributed by atoms with Gasteiger partial charge in [-0.25, -0.2) is 4.79 Å². The van der Waals surface area contributed by atoms with Gasteiger partial charge in [0, 0.05) is 6.04 Å². The molecule has 0 heterocycles. The minimum Gasteiger partial charge on any atom is -0.444 e. The Morgan fingerprint density at radius 2 is 1.88 bits per heavy atom. The molecule has 0 spiro atoms. The Morgan fingerprint density at radius 3 is 2.38 bits per heavy atom. The molecular formula is C13H25NO2. The number of carbonyl (C=O) groups excluding carboxylic acids is 1. The molecule has 0 aromatic rings. The van der Waals surface area contributed by atoms with Crippen LogP contribution in [-0.4, -0.2) is 17.7 Å². The normalized spacial score (nSPS) is 30.9. The van der Waals surface area contributed by atoms with Gasteiger partial charge in [-0.15, -0.1) is 0 Å². The van der Waals surface area contributed by atoms with Gasteiger partial charge in [-0.2, -0.15) is 0 Å². The van der Waals surface area contributed by atoms with Gasteiger partial charge in [0.25, 0.3) is 0 Å². The van der Waals surface area contributed by atoms with E-state index < -0.39 is 5.60 Å². The number of rotatable bonds is 1. The van der Waals surface area contributed by atoms with Crippen molar-refractivity contribution in [2.45, 2.75) is 65.5 Å². The molecule has 0 aromatic carbocycles. The number of hydrogen-bond donors (Lipinski definition) is 1. The van der Waals surface area contributed by atoms with Crippen molar-refractivity contribution in [3.63, 3.8) is 0 Å². The molecule has 3 heteroatoms. The predicted octanol–water partition coefficient (Wildman–Crippen LogP) is 3.34. The van der Waals surface area contributed by atoms with Crippen LogP contribution in [0.25, 0.3) is 0 Å². The van der Waals surface area contributed by atoms with E-state index in [-0.39, 0.29) is 12.1 Å². The summed E-state index contributed by atoms with van der Waals surface area (Å²) in [5.74, 6) is 1.34. The molecule has 1 aliphatic carbocycles. The Kier molecular flexibility index (Phi) is 4.22. The van der Waals surface area contributed by atoms with Crippen molar-refractivity contribution in [1.82, 2.24) is 5.32 Å². The summed E-state index contributed by atoms with van der Waals surface area (Å²) in [7, 11) is 0. The minimum atomic E-state index is -0.407. The maximum atomic E-state index is 11.6. The first-order valence-electron chi connectivity index (χ1n) is 6.27. The summed E-state index contributed by atoms with van der Waals surface area (Å²) >= 11 is 0. The number of alkyl carbamates (subject to hydrolysis) is 1. The van der Waals surface area contributed by atoms with E-state index in [1.165, 1.54) is 12.8 Å². The quantitative estimate of drug-likeness (QED) is 0.746. The van der Waals surface area contributed by atoms with E-state index in [4.69, 9.17) is 4.74 Å². The van der Waals surface area contributed by atoms with Crippen LogP contribution in [0.1, 0.15) is 53.9 Å². The molecule has 16 heavy (non-hydrogen) atoms. The second kappa shape index (κ2) is 5.07. The lowest BCUT2D eigenvalue weighted by molar-refractivity contribution is 0.0463. The highest BCUT2D eigenvalue weighted by Gasteiger charge is 2.28. The summed E-state index contributed by atoms with van der Waals surface area (Å²) in [5.41, 5.74) is -0.407. The summed E-state index contributed by atoms with van der Waals surface area (Å²) in [5, 5.41) is 2.98. The summed E-state index contributed by atoms with van der Waals surface area (Å²) in [6.07, 6.45) is 3.19. The maximum absolute atomic E-state index is 11.6. The van der Waals surface area contributed by atoms with Crippen LogP contribution in [0.15, 0.2) is 0 Å². The molecule has 1 amide bonds. The fraction of sp³-hybridized carbons (Fsp3) is 0.923. The summed E-state index contributed by atoms with van der Waals surface area (Å²) in [6.45, 7) is 10.1. The highest BCUT2D eigenvalue weighted by atomic mass is 16.6. The lowest BCUT2D eigenvalue weighted by atomic mass is 9.80. The molecule has 3 nitrogen and oxygen atoms in total. The molecule has 0 saturated heterocycles. The van der Waals surface area contributed by atoms with Crippen LogP contribution in [0.4, 0.5) is 4.79 Å². The Labute approximate surface area is 98.9 Å². The van der Waals surface area contributed by atoms with Gasteiger partial charge in [-0.05, 0) is 51.9 Å². The molecule has 1 rings (SSSR count). The van der Waals surface area contributed by atoms with Gasteiger partial charge >= 0.3 is 6.09 Å². The molecule has 0 aromatic heterocycles. The second-order valence-corrected chi connectivity index (χ2v) is 6.15. The molecule has 0 aliphatic heterocycles. The highest BCUT2D eigenvalue weighted by Crippen LogP contribution is 2.28. The Hall–Kier alpha value is -0.730. The van der Waals surface area contributed by atoms with Crippen molar-refractivity contribution in [2.24, 2.45) is 11.8 Å². The summed E-state index contributed by atoms with van der Waals surface area (Å²) in [4.78, 5) is 11.6. The van der Waals surface area contributed by atoms with Gasteiger partial charge in [0.1, 0.15) is 5.60 Å². The molecule has 0 radical (unpaired) electrons. The molecular weight excluding hydrogens is 202 g/mol. The van der Waals surface area contributed by atoms with E-state index in [1.807, 2.05) is 20.8 Å². The topological polar surface area (TPSA) is 38.3 Å². The van der Waals surface area contributed by atoms with Crippen LogP contribution < -0.4 is 5.32 Å². The van der Waals surface area contributed by atoms with Crippen LogP contribution in [0.3, 0.4) is 0 Å². The van der Waals surface area contributed by atoms with Gasteiger partial charge in [0.15, 0.2) is 0 Å². The van der Waals surface area contributed by atoms with Crippen LogP contribution in [0.2, 0.25) is 0 Å². The van der Waals surface area contributed by atoms with Crippen LogP contribution >= 0.6 is 0 Å². The molecule has 94 valence electrons. The lowest BCUT2D eigenvalue weighted by Crippen LogP contribution is -2.44. The number of carbonyl (C=O) groups is 1. The second-order valence-electron chi connectivity index (χ2n) is 6.15. The third kappa shape index (κ3) is 4.42. The predicted molar refractivity (Wildman–Crippen MR) is 65.3 cm³/mol.